The molecule has 0 amide bonds. The van der Waals surface area contributed by atoms with E-state index in [-0.39, 0.29) is 5.92 Å². The minimum Gasteiger partial charge on any atom is -0.454 e. The Hall–Kier alpha value is -6.39. The molecule has 0 unspecified atom stereocenters. The maximum absolute atomic E-state index is 6.91. The van der Waals surface area contributed by atoms with Gasteiger partial charge in [0.15, 0.2) is 5.58 Å². The average Bonchev–Trinajstić information content (AvgIpc) is 3.90. The Labute approximate surface area is 281 Å². The summed E-state index contributed by atoms with van der Waals surface area (Å²) in [6.45, 7) is 2.26. The molecule has 0 bridgehead atoms. The van der Waals surface area contributed by atoms with Gasteiger partial charge in [-0.25, -0.2) is 0 Å². The first-order chi connectivity index (χ1) is 24.3. The van der Waals surface area contributed by atoms with Gasteiger partial charge in [0.1, 0.15) is 5.58 Å². The number of furan rings is 1. The van der Waals surface area contributed by atoms with Gasteiger partial charge in [-0.1, -0.05) is 116 Å². The summed E-state index contributed by atoms with van der Waals surface area (Å²) in [4.78, 5) is 5.26. The van der Waals surface area contributed by atoms with E-state index in [1.165, 1.54) is 38.2 Å². The number of aromatic nitrogens is 2. The lowest BCUT2D eigenvalue weighted by molar-refractivity contribution is 0.671. The van der Waals surface area contributed by atoms with E-state index in [2.05, 4.69) is 168 Å². The summed E-state index contributed by atoms with van der Waals surface area (Å²) in [5.41, 5.74) is 13.2. The van der Waals surface area contributed by atoms with E-state index in [0.717, 1.165) is 61.3 Å². The third-order valence-corrected chi connectivity index (χ3v) is 10.5. The Morgan fingerprint density at radius 3 is 1.90 bits per heavy atom. The fourth-order valence-corrected chi connectivity index (χ4v) is 8.43. The largest absolute Gasteiger partial charge is 0.454 e. The van der Waals surface area contributed by atoms with Crippen LogP contribution in [0.1, 0.15) is 24.0 Å². The molecule has 49 heavy (non-hydrogen) atoms. The Kier molecular flexibility index (Phi) is 5.34. The smallest absolute Gasteiger partial charge is 0.160 e. The average molecular weight is 628 g/mol. The van der Waals surface area contributed by atoms with Crippen LogP contribution in [0.2, 0.25) is 0 Å². The molecule has 7 aromatic carbocycles. The van der Waals surface area contributed by atoms with Crippen LogP contribution in [-0.4, -0.2) is 14.8 Å². The van der Waals surface area contributed by atoms with Gasteiger partial charge in [0, 0.05) is 49.6 Å². The summed E-state index contributed by atoms with van der Waals surface area (Å²) in [5, 5.41) is 7.05. The first kappa shape index (κ1) is 26.7. The normalized spacial score (nSPS) is 14.6. The first-order valence-corrected chi connectivity index (χ1v) is 16.9. The van der Waals surface area contributed by atoms with Crippen molar-refractivity contribution in [1.29, 1.82) is 0 Å². The molecule has 0 radical (unpaired) electrons. The first-order valence-electron chi connectivity index (χ1n) is 16.9. The second kappa shape index (κ2) is 9.82. The van der Waals surface area contributed by atoms with Crippen molar-refractivity contribution >= 4 is 76.9 Å². The van der Waals surface area contributed by atoms with Gasteiger partial charge in [0.25, 0.3) is 0 Å². The summed E-state index contributed by atoms with van der Waals surface area (Å²) in [6, 6.07) is 54.1. The van der Waals surface area contributed by atoms with Crippen LogP contribution in [0.15, 0.2) is 161 Å². The molecule has 0 N–H and O–H groups in total. The number of fused-ring (bicyclic) bond motifs is 13. The minimum absolute atomic E-state index is 0.220. The monoisotopic (exact) mass is 627 g/mol. The number of hydrogen-bond acceptors (Lipinski definition) is 2. The van der Waals surface area contributed by atoms with E-state index in [1.54, 1.807) is 0 Å². The van der Waals surface area contributed by atoms with E-state index >= 15 is 0 Å². The summed E-state index contributed by atoms with van der Waals surface area (Å²) in [7, 11) is 0. The lowest BCUT2D eigenvalue weighted by Gasteiger charge is -2.13. The van der Waals surface area contributed by atoms with E-state index in [0.29, 0.717) is 0 Å². The Bertz CT molecular complexity index is 3000. The predicted molar refractivity (Wildman–Crippen MR) is 203 cm³/mol. The molecule has 0 saturated heterocycles. The highest BCUT2D eigenvalue weighted by Gasteiger charge is 2.29. The van der Waals surface area contributed by atoms with Crippen LogP contribution in [0, 0.1) is 0 Å². The zero-order valence-electron chi connectivity index (χ0n) is 26.8. The van der Waals surface area contributed by atoms with Crippen molar-refractivity contribution < 1.29 is 4.42 Å². The molecule has 1 atom stereocenters. The molecule has 11 rings (SSSR count). The van der Waals surface area contributed by atoms with Crippen molar-refractivity contribution in [1.82, 2.24) is 9.13 Å². The van der Waals surface area contributed by atoms with Gasteiger partial charge in [-0.15, -0.1) is 0 Å². The molecule has 0 saturated carbocycles. The summed E-state index contributed by atoms with van der Waals surface area (Å²) >= 11 is 0. The standard InChI is InChI=1S/C45H29N3O/c1-27-31-25-24-30(26-35(31)46-42(27)28-14-4-2-5-15-28)48-36-21-11-8-18-32(36)39-40-34-20-10-13-23-38(34)49-45(40)44-41(43(39)48)33-19-9-12-22-37(33)47(44)29-16-6-3-7-17-29/h2-27H,1H3/t27-/m1/s1. The highest BCUT2D eigenvalue weighted by atomic mass is 16.3. The van der Waals surface area contributed by atoms with Gasteiger partial charge in [-0.05, 0) is 53.6 Å². The number of nitrogens with zero attached hydrogens (tertiary/aromatic N) is 3. The van der Waals surface area contributed by atoms with Crippen LogP contribution < -0.4 is 0 Å². The van der Waals surface area contributed by atoms with E-state index in [4.69, 9.17) is 9.41 Å². The van der Waals surface area contributed by atoms with Crippen molar-refractivity contribution in [3.63, 3.8) is 0 Å². The lowest BCUT2D eigenvalue weighted by atomic mass is 9.93. The molecular formula is C45H29N3O. The summed E-state index contributed by atoms with van der Waals surface area (Å²) < 4.78 is 11.8. The molecule has 4 nitrogen and oxygen atoms in total. The molecule has 230 valence electrons. The van der Waals surface area contributed by atoms with Gasteiger partial charge in [0.2, 0.25) is 0 Å². The molecule has 3 aromatic heterocycles. The molecule has 10 aromatic rings. The molecule has 4 heterocycles. The fraction of sp³-hybridized carbons (Fsp3) is 0.0444. The molecule has 0 spiro atoms. The third-order valence-electron chi connectivity index (χ3n) is 10.5. The van der Waals surface area contributed by atoms with Crippen LogP contribution in [0.4, 0.5) is 5.69 Å². The molecule has 0 aliphatic carbocycles. The molecule has 4 heteroatoms. The molecule has 1 aliphatic heterocycles. The second-order valence-corrected chi connectivity index (χ2v) is 13.1. The highest BCUT2D eigenvalue weighted by molar-refractivity contribution is 6.39. The maximum atomic E-state index is 6.91. The molecule has 1 aliphatic rings. The zero-order valence-corrected chi connectivity index (χ0v) is 26.8. The van der Waals surface area contributed by atoms with Gasteiger partial charge < -0.3 is 13.6 Å². The third kappa shape index (κ3) is 3.55. The number of aliphatic imine (C=N–C) groups is 1. The maximum Gasteiger partial charge on any atom is 0.160 e. The SMILES string of the molecule is C[C@H]1C(c2ccccc2)=Nc2cc(-n3c4ccccc4c4c5c6ccccc6oc5c5c(c6ccccc6n5-c5ccccc5)c43)ccc21. The van der Waals surface area contributed by atoms with Crippen molar-refractivity contribution in [3.05, 3.63) is 163 Å². The van der Waals surface area contributed by atoms with Gasteiger partial charge >= 0.3 is 0 Å². The van der Waals surface area contributed by atoms with E-state index in [1.807, 2.05) is 0 Å². The second-order valence-electron chi connectivity index (χ2n) is 13.1. The van der Waals surface area contributed by atoms with Crippen molar-refractivity contribution in [2.75, 3.05) is 0 Å². The number of hydrogen-bond donors (Lipinski definition) is 0. The Balaban J connectivity index is 1.35. The summed E-state index contributed by atoms with van der Waals surface area (Å²) in [6.07, 6.45) is 0. The Morgan fingerprint density at radius 2 is 1.14 bits per heavy atom. The van der Waals surface area contributed by atoms with Crippen LogP contribution in [0.5, 0.6) is 0 Å². The predicted octanol–water partition coefficient (Wildman–Crippen LogP) is 12.0. The number of rotatable bonds is 3. The van der Waals surface area contributed by atoms with Crippen molar-refractivity contribution in [3.8, 4) is 11.4 Å². The number of para-hydroxylation sites is 4. The Morgan fingerprint density at radius 1 is 0.531 bits per heavy atom. The molecule has 0 fully saturated rings. The van der Waals surface area contributed by atoms with Gasteiger partial charge in [0.05, 0.1) is 33.5 Å². The van der Waals surface area contributed by atoms with Gasteiger partial charge in [-0.2, -0.15) is 0 Å². The fourth-order valence-electron chi connectivity index (χ4n) is 8.43. The summed E-state index contributed by atoms with van der Waals surface area (Å²) in [5.74, 6) is 0.220. The quantitative estimate of drug-likeness (QED) is 0.192. The van der Waals surface area contributed by atoms with Crippen LogP contribution in [0.25, 0.3) is 76.9 Å². The topological polar surface area (TPSA) is 35.4 Å². The van der Waals surface area contributed by atoms with Crippen LogP contribution >= 0.6 is 0 Å². The van der Waals surface area contributed by atoms with Crippen LogP contribution in [0.3, 0.4) is 0 Å². The van der Waals surface area contributed by atoms with E-state index in [9.17, 15) is 0 Å². The number of benzene rings is 7. The minimum atomic E-state index is 0.220. The van der Waals surface area contributed by atoms with Crippen LogP contribution in [-0.2, 0) is 0 Å². The highest BCUT2D eigenvalue weighted by Crippen LogP contribution is 2.50. The zero-order chi connectivity index (χ0) is 32.2. The van der Waals surface area contributed by atoms with Gasteiger partial charge in [-0.3, -0.25) is 4.99 Å². The van der Waals surface area contributed by atoms with Crippen molar-refractivity contribution in [2.45, 2.75) is 12.8 Å². The van der Waals surface area contributed by atoms with E-state index < -0.39 is 0 Å². The molecular weight excluding hydrogens is 599 g/mol. The van der Waals surface area contributed by atoms with Crippen molar-refractivity contribution in [2.24, 2.45) is 4.99 Å². The lowest BCUT2D eigenvalue weighted by Crippen LogP contribution is -2.05.